The molecule has 1 rings (SSSR count). The summed E-state index contributed by atoms with van der Waals surface area (Å²) in [7, 11) is 0. The van der Waals surface area contributed by atoms with Gasteiger partial charge in [-0.15, -0.1) is 0 Å². The normalized spacial score (nSPS) is 12.9. The number of hydrogen-bond acceptors (Lipinski definition) is 2. The molecule has 0 spiro atoms. The highest BCUT2D eigenvalue weighted by molar-refractivity contribution is 5.05. The Bertz CT molecular complexity index is 302. The summed E-state index contributed by atoms with van der Waals surface area (Å²) in [6, 6.07) is 1.87. The third kappa shape index (κ3) is 3.29. The average Bonchev–Trinajstić information content (AvgIpc) is 2.18. The maximum atomic E-state index is 4.36. The van der Waals surface area contributed by atoms with Gasteiger partial charge in [-0.25, -0.2) is 9.97 Å². The molecule has 0 saturated carbocycles. The zero-order valence-electron chi connectivity index (χ0n) is 10.5. The smallest absolute Gasteiger partial charge is 0.133 e. The van der Waals surface area contributed by atoms with Crippen molar-refractivity contribution in [1.82, 2.24) is 9.97 Å². The van der Waals surface area contributed by atoms with Gasteiger partial charge in [-0.1, -0.05) is 41.0 Å². The van der Waals surface area contributed by atoms with E-state index in [1.807, 2.05) is 18.5 Å². The van der Waals surface area contributed by atoms with Crippen LogP contribution in [0.1, 0.15) is 53.3 Å². The van der Waals surface area contributed by atoms with E-state index in [0.717, 1.165) is 12.2 Å². The first-order valence-corrected chi connectivity index (χ1v) is 5.65. The van der Waals surface area contributed by atoms with Crippen LogP contribution in [0, 0.1) is 5.41 Å². The van der Waals surface area contributed by atoms with Gasteiger partial charge in [0.15, 0.2) is 0 Å². The molecule has 15 heavy (non-hydrogen) atoms. The lowest BCUT2D eigenvalue weighted by molar-refractivity contribution is 0.241. The van der Waals surface area contributed by atoms with Crippen molar-refractivity contribution in [1.29, 1.82) is 0 Å². The van der Waals surface area contributed by atoms with Gasteiger partial charge in [-0.05, 0) is 17.9 Å². The van der Waals surface area contributed by atoms with E-state index in [4.69, 9.17) is 0 Å². The Balaban J connectivity index is 2.85. The predicted octanol–water partition coefficient (Wildman–Crippen LogP) is 3.58. The predicted molar refractivity (Wildman–Crippen MR) is 63.7 cm³/mol. The Morgan fingerprint density at radius 1 is 1.07 bits per heavy atom. The van der Waals surface area contributed by atoms with E-state index in [-0.39, 0.29) is 5.41 Å². The van der Waals surface area contributed by atoms with E-state index in [2.05, 4.69) is 44.6 Å². The minimum absolute atomic E-state index is 0.0563. The zero-order valence-corrected chi connectivity index (χ0v) is 10.5. The topological polar surface area (TPSA) is 25.8 Å². The van der Waals surface area contributed by atoms with Crippen molar-refractivity contribution in [3.63, 3.8) is 0 Å². The highest BCUT2D eigenvalue weighted by Crippen LogP contribution is 2.36. The lowest BCUT2D eigenvalue weighted by Crippen LogP contribution is -2.28. The van der Waals surface area contributed by atoms with Crippen molar-refractivity contribution in [2.45, 2.75) is 52.9 Å². The molecule has 1 heterocycles. The van der Waals surface area contributed by atoms with E-state index in [0.29, 0.717) is 5.41 Å². The lowest BCUT2D eigenvalue weighted by Gasteiger charge is -2.33. The Morgan fingerprint density at radius 3 is 2.07 bits per heavy atom. The fourth-order valence-electron chi connectivity index (χ4n) is 2.05. The number of aromatic nitrogens is 2. The van der Waals surface area contributed by atoms with Crippen LogP contribution in [0.2, 0.25) is 0 Å². The molecule has 0 atom stereocenters. The molecule has 0 unspecified atom stereocenters. The fourth-order valence-corrected chi connectivity index (χ4v) is 2.05. The van der Waals surface area contributed by atoms with Gasteiger partial charge >= 0.3 is 0 Å². The van der Waals surface area contributed by atoms with Crippen LogP contribution < -0.4 is 0 Å². The molecule has 0 radical (unpaired) electrons. The summed E-state index contributed by atoms with van der Waals surface area (Å²) in [4.78, 5) is 8.72. The second-order valence-corrected chi connectivity index (χ2v) is 5.65. The van der Waals surface area contributed by atoms with Crippen molar-refractivity contribution < 1.29 is 0 Å². The van der Waals surface area contributed by atoms with E-state index in [1.165, 1.54) is 6.42 Å². The molecule has 0 saturated heterocycles. The highest BCUT2D eigenvalue weighted by Gasteiger charge is 2.30. The Labute approximate surface area is 93.2 Å². The number of hydrogen-bond donors (Lipinski definition) is 0. The third-order valence-electron chi connectivity index (χ3n) is 3.05. The summed E-state index contributed by atoms with van der Waals surface area (Å²) in [5.41, 5.74) is 0.406. The van der Waals surface area contributed by atoms with E-state index >= 15 is 0 Å². The minimum atomic E-state index is 0.0563. The van der Waals surface area contributed by atoms with Crippen molar-refractivity contribution in [3.05, 3.63) is 24.3 Å². The molecule has 2 heteroatoms. The van der Waals surface area contributed by atoms with Crippen molar-refractivity contribution >= 4 is 0 Å². The molecule has 2 nitrogen and oxygen atoms in total. The first-order chi connectivity index (χ1) is 6.87. The summed E-state index contributed by atoms with van der Waals surface area (Å²) >= 11 is 0. The first kappa shape index (κ1) is 12.2. The molecule has 1 aromatic rings. The van der Waals surface area contributed by atoms with E-state index in [9.17, 15) is 0 Å². The van der Waals surface area contributed by atoms with Gasteiger partial charge in [0.1, 0.15) is 5.82 Å². The summed E-state index contributed by atoms with van der Waals surface area (Å²) in [5.74, 6) is 0.950. The maximum Gasteiger partial charge on any atom is 0.133 e. The van der Waals surface area contributed by atoms with Gasteiger partial charge in [0.2, 0.25) is 0 Å². The van der Waals surface area contributed by atoms with Crippen LogP contribution in [0.4, 0.5) is 0 Å². The molecular formula is C13H22N2. The van der Waals surface area contributed by atoms with Crippen molar-refractivity contribution in [2.24, 2.45) is 5.41 Å². The molecule has 0 aromatic carbocycles. The molecule has 0 N–H and O–H groups in total. The average molecular weight is 206 g/mol. The second kappa shape index (κ2) is 4.30. The van der Waals surface area contributed by atoms with Gasteiger partial charge in [-0.2, -0.15) is 0 Å². The molecule has 0 aliphatic carbocycles. The van der Waals surface area contributed by atoms with Crippen LogP contribution in [-0.2, 0) is 5.41 Å². The molecule has 84 valence electrons. The van der Waals surface area contributed by atoms with Crippen LogP contribution in [0.25, 0.3) is 0 Å². The number of rotatable bonds is 4. The van der Waals surface area contributed by atoms with Gasteiger partial charge in [0.25, 0.3) is 0 Å². The van der Waals surface area contributed by atoms with E-state index in [1.54, 1.807) is 0 Å². The Kier molecular flexibility index (Phi) is 3.48. The fraction of sp³-hybridized carbons (Fsp3) is 0.692. The molecule has 0 aliphatic rings. The summed E-state index contributed by atoms with van der Waals surface area (Å²) in [6.07, 6.45) is 5.94. The van der Waals surface area contributed by atoms with Gasteiger partial charge < -0.3 is 0 Å². The molecular weight excluding hydrogens is 184 g/mol. The van der Waals surface area contributed by atoms with Gasteiger partial charge in [0.05, 0.1) is 0 Å². The van der Waals surface area contributed by atoms with Gasteiger partial charge in [0, 0.05) is 17.8 Å². The largest absolute Gasteiger partial charge is 0.241 e. The zero-order chi connectivity index (χ0) is 11.5. The molecule has 0 aliphatic heterocycles. The maximum absolute atomic E-state index is 4.36. The molecule has 0 amide bonds. The Morgan fingerprint density at radius 2 is 1.60 bits per heavy atom. The minimum Gasteiger partial charge on any atom is -0.241 e. The molecule has 0 fully saturated rings. The van der Waals surface area contributed by atoms with Crippen LogP contribution in [0.3, 0.4) is 0 Å². The summed E-state index contributed by atoms with van der Waals surface area (Å²) in [5, 5.41) is 0. The van der Waals surface area contributed by atoms with Crippen LogP contribution in [0.5, 0.6) is 0 Å². The third-order valence-corrected chi connectivity index (χ3v) is 3.05. The Hall–Kier alpha value is -0.920. The first-order valence-electron chi connectivity index (χ1n) is 5.65. The van der Waals surface area contributed by atoms with Crippen LogP contribution >= 0.6 is 0 Å². The number of nitrogens with zero attached hydrogens (tertiary/aromatic N) is 2. The molecule has 0 bridgehead atoms. The monoisotopic (exact) mass is 206 g/mol. The van der Waals surface area contributed by atoms with Gasteiger partial charge in [-0.3, -0.25) is 0 Å². The highest BCUT2D eigenvalue weighted by atomic mass is 14.9. The SMILES string of the molecule is CCC(C)(C)CC(C)(C)c1ncccn1. The standard InChI is InChI=1S/C13H22N2/c1-6-12(2,3)10-13(4,5)11-14-8-7-9-15-11/h7-9H,6,10H2,1-5H3. The van der Waals surface area contributed by atoms with Crippen molar-refractivity contribution in [2.75, 3.05) is 0 Å². The van der Waals surface area contributed by atoms with Crippen LogP contribution in [0.15, 0.2) is 18.5 Å². The van der Waals surface area contributed by atoms with Crippen LogP contribution in [-0.4, -0.2) is 9.97 Å². The second-order valence-electron chi connectivity index (χ2n) is 5.65. The lowest BCUT2D eigenvalue weighted by atomic mass is 9.73. The van der Waals surface area contributed by atoms with E-state index < -0.39 is 0 Å². The summed E-state index contributed by atoms with van der Waals surface area (Å²) in [6.45, 7) is 11.3. The quantitative estimate of drug-likeness (QED) is 0.752. The van der Waals surface area contributed by atoms with Crippen molar-refractivity contribution in [3.8, 4) is 0 Å². The molecule has 1 aromatic heterocycles. The summed E-state index contributed by atoms with van der Waals surface area (Å²) < 4.78 is 0.